The van der Waals surface area contributed by atoms with E-state index in [4.69, 9.17) is 0 Å². The molecule has 1 aliphatic rings. The predicted molar refractivity (Wildman–Crippen MR) is 84.5 cm³/mol. The van der Waals surface area contributed by atoms with E-state index in [1.807, 2.05) is 43.5 Å². The number of rotatable bonds is 4. The molecule has 1 atom stereocenters. The van der Waals surface area contributed by atoms with Crippen molar-refractivity contribution in [1.82, 2.24) is 4.90 Å². The minimum Gasteiger partial charge on any atom is -0.481 e. The van der Waals surface area contributed by atoms with Crippen LogP contribution in [0, 0.1) is 0 Å². The molecule has 1 N–H and O–H groups in total. The van der Waals surface area contributed by atoms with Gasteiger partial charge in [-0.3, -0.25) is 9.59 Å². The van der Waals surface area contributed by atoms with Gasteiger partial charge in [0.2, 0.25) is 5.91 Å². The molecule has 1 aliphatic heterocycles. The third-order valence-corrected chi connectivity index (χ3v) is 5.27. The lowest BCUT2D eigenvalue weighted by atomic mass is 9.73. The monoisotopic (exact) mass is 307 g/mol. The highest BCUT2D eigenvalue weighted by atomic mass is 32.2. The molecule has 5 heteroatoms. The number of amides is 1. The number of piperidine rings is 1. The molecule has 0 spiro atoms. The number of carboxylic acids is 1. The number of thioether (sulfide) groups is 1. The van der Waals surface area contributed by atoms with E-state index in [1.54, 1.807) is 4.90 Å². The first-order chi connectivity index (χ1) is 10.0. The SMILES string of the molecule is CS[C@@H](C)C(=O)N1CCC(C(=O)O)(c2ccccc2)CC1. The van der Waals surface area contributed by atoms with Crippen molar-refractivity contribution in [2.75, 3.05) is 19.3 Å². The van der Waals surface area contributed by atoms with E-state index in [-0.39, 0.29) is 11.2 Å². The van der Waals surface area contributed by atoms with E-state index in [1.165, 1.54) is 11.8 Å². The Morgan fingerprint density at radius 2 is 1.81 bits per heavy atom. The Balaban J connectivity index is 2.16. The van der Waals surface area contributed by atoms with Crippen molar-refractivity contribution >= 4 is 23.6 Å². The van der Waals surface area contributed by atoms with Crippen LogP contribution in [0.5, 0.6) is 0 Å². The number of aliphatic carboxylic acids is 1. The molecule has 1 heterocycles. The summed E-state index contributed by atoms with van der Waals surface area (Å²) in [5.74, 6) is -0.687. The quantitative estimate of drug-likeness (QED) is 0.928. The lowest BCUT2D eigenvalue weighted by Gasteiger charge is -2.39. The second-order valence-corrected chi connectivity index (χ2v) is 6.64. The number of likely N-dealkylation sites (tertiary alicyclic amines) is 1. The maximum Gasteiger partial charge on any atom is 0.314 e. The fourth-order valence-electron chi connectivity index (χ4n) is 2.85. The van der Waals surface area contributed by atoms with Crippen molar-refractivity contribution in [3.63, 3.8) is 0 Å². The number of carbonyl (C=O) groups is 2. The third-order valence-electron chi connectivity index (χ3n) is 4.37. The van der Waals surface area contributed by atoms with Gasteiger partial charge in [-0.2, -0.15) is 11.8 Å². The molecule has 1 aromatic rings. The van der Waals surface area contributed by atoms with Gasteiger partial charge >= 0.3 is 5.97 Å². The van der Waals surface area contributed by atoms with Gasteiger partial charge in [-0.1, -0.05) is 30.3 Å². The summed E-state index contributed by atoms with van der Waals surface area (Å²) in [5, 5.41) is 9.64. The fraction of sp³-hybridized carbons (Fsp3) is 0.500. The van der Waals surface area contributed by atoms with Crippen molar-refractivity contribution in [2.24, 2.45) is 0 Å². The van der Waals surface area contributed by atoms with Crippen LogP contribution in [-0.4, -0.2) is 46.5 Å². The second kappa shape index (κ2) is 6.52. The maximum absolute atomic E-state index is 12.2. The highest BCUT2D eigenvalue weighted by Gasteiger charge is 2.44. The molecular formula is C16H21NO3S. The molecule has 0 radical (unpaired) electrons. The lowest BCUT2D eigenvalue weighted by Crippen LogP contribution is -2.50. The Kier molecular flexibility index (Phi) is 4.93. The number of carboxylic acid groups (broad SMARTS) is 1. The van der Waals surface area contributed by atoms with Crippen molar-refractivity contribution in [3.05, 3.63) is 35.9 Å². The largest absolute Gasteiger partial charge is 0.481 e. The van der Waals surface area contributed by atoms with E-state index >= 15 is 0 Å². The van der Waals surface area contributed by atoms with Gasteiger partial charge < -0.3 is 10.0 Å². The van der Waals surface area contributed by atoms with E-state index < -0.39 is 11.4 Å². The first kappa shape index (κ1) is 15.9. The second-order valence-electron chi connectivity index (χ2n) is 5.46. The minimum atomic E-state index is -0.860. The minimum absolute atomic E-state index is 0.0703. The molecule has 0 aromatic heterocycles. The zero-order chi connectivity index (χ0) is 15.5. The van der Waals surface area contributed by atoms with Crippen LogP contribution in [0.4, 0.5) is 0 Å². The van der Waals surface area contributed by atoms with Crippen molar-refractivity contribution in [2.45, 2.75) is 30.4 Å². The lowest BCUT2D eigenvalue weighted by molar-refractivity contribution is -0.148. The van der Waals surface area contributed by atoms with Gasteiger partial charge in [0.05, 0.1) is 10.7 Å². The standard InChI is InChI=1S/C16H21NO3S/c1-12(21-2)14(18)17-10-8-16(9-11-17,15(19)20)13-6-4-3-5-7-13/h3-7,12H,8-11H2,1-2H3,(H,19,20)/t12-/m0/s1. The molecule has 2 rings (SSSR count). The predicted octanol–water partition coefficient (Wildman–Crippen LogP) is 2.38. The Bertz CT molecular complexity index is 510. The molecule has 1 fully saturated rings. The maximum atomic E-state index is 12.2. The number of benzene rings is 1. The van der Waals surface area contributed by atoms with Gasteiger partial charge in [0.1, 0.15) is 0 Å². The Morgan fingerprint density at radius 1 is 1.24 bits per heavy atom. The number of carbonyl (C=O) groups excluding carboxylic acids is 1. The van der Waals surface area contributed by atoms with E-state index in [0.29, 0.717) is 25.9 Å². The molecule has 1 aromatic carbocycles. The summed E-state index contributed by atoms with van der Waals surface area (Å²) < 4.78 is 0. The Morgan fingerprint density at radius 3 is 2.29 bits per heavy atom. The van der Waals surface area contributed by atoms with Crippen LogP contribution in [0.2, 0.25) is 0 Å². The summed E-state index contributed by atoms with van der Waals surface area (Å²) in [6.45, 7) is 2.90. The summed E-state index contributed by atoms with van der Waals surface area (Å²) in [4.78, 5) is 25.8. The average molecular weight is 307 g/mol. The zero-order valence-corrected chi connectivity index (χ0v) is 13.2. The average Bonchev–Trinajstić information content (AvgIpc) is 2.54. The molecular weight excluding hydrogens is 286 g/mol. The molecule has 4 nitrogen and oxygen atoms in total. The smallest absolute Gasteiger partial charge is 0.314 e. The summed E-state index contributed by atoms with van der Waals surface area (Å²) >= 11 is 1.52. The molecule has 0 unspecified atom stereocenters. The molecule has 0 saturated carbocycles. The molecule has 1 saturated heterocycles. The van der Waals surface area contributed by atoms with Crippen LogP contribution in [0.3, 0.4) is 0 Å². The summed E-state index contributed by atoms with van der Waals surface area (Å²) in [6.07, 6.45) is 2.86. The van der Waals surface area contributed by atoms with Crippen LogP contribution < -0.4 is 0 Å². The number of hydrogen-bond acceptors (Lipinski definition) is 3. The first-order valence-electron chi connectivity index (χ1n) is 7.12. The third kappa shape index (κ3) is 3.07. The fourth-order valence-corrected chi connectivity index (χ4v) is 3.20. The highest BCUT2D eigenvalue weighted by molar-refractivity contribution is 7.99. The van der Waals surface area contributed by atoms with Crippen molar-refractivity contribution in [3.8, 4) is 0 Å². The summed E-state index contributed by atoms with van der Waals surface area (Å²) in [6, 6.07) is 9.37. The molecule has 21 heavy (non-hydrogen) atoms. The van der Waals surface area contributed by atoms with Crippen LogP contribution in [0.25, 0.3) is 0 Å². The summed E-state index contributed by atoms with van der Waals surface area (Å²) in [7, 11) is 0. The Labute approximate surface area is 129 Å². The van der Waals surface area contributed by atoms with Gasteiger partial charge in [-0.05, 0) is 31.6 Å². The summed E-state index contributed by atoms with van der Waals surface area (Å²) in [5.41, 5.74) is -0.0248. The molecule has 0 aliphatic carbocycles. The van der Waals surface area contributed by atoms with Crippen LogP contribution >= 0.6 is 11.8 Å². The normalized spacial score (nSPS) is 19.0. The zero-order valence-electron chi connectivity index (χ0n) is 12.4. The van der Waals surface area contributed by atoms with Crippen molar-refractivity contribution < 1.29 is 14.7 Å². The van der Waals surface area contributed by atoms with E-state index in [2.05, 4.69) is 0 Å². The molecule has 1 amide bonds. The van der Waals surface area contributed by atoms with Gasteiger partial charge in [0, 0.05) is 13.1 Å². The van der Waals surface area contributed by atoms with Crippen LogP contribution in [0.15, 0.2) is 30.3 Å². The number of hydrogen-bond donors (Lipinski definition) is 1. The van der Waals surface area contributed by atoms with E-state index in [9.17, 15) is 14.7 Å². The van der Waals surface area contributed by atoms with Crippen molar-refractivity contribution in [1.29, 1.82) is 0 Å². The molecule has 114 valence electrons. The van der Waals surface area contributed by atoms with Gasteiger partial charge in [0.15, 0.2) is 0 Å². The van der Waals surface area contributed by atoms with Gasteiger partial charge in [-0.25, -0.2) is 0 Å². The first-order valence-corrected chi connectivity index (χ1v) is 8.40. The van der Waals surface area contributed by atoms with Crippen LogP contribution in [-0.2, 0) is 15.0 Å². The van der Waals surface area contributed by atoms with Crippen LogP contribution in [0.1, 0.15) is 25.3 Å². The molecule has 0 bridgehead atoms. The van der Waals surface area contributed by atoms with E-state index in [0.717, 1.165) is 5.56 Å². The topological polar surface area (TPSA) is 57.6 Å². The highest BCUT2D eigenvalue weighted by Crippen LogP contribution is 2.36. The number of nitrogens with zero attached hydrogens (tertiary/aromatic N) is 1. The van der Waals surface area contributed by atoms with Gasteiger partial charge in [0.25, 0.3) is 0 Å². The Hall–Kier alpha value is -1.49. The van der Waals surface area contributed by atoms with Gasteiger partial charge in [-0.15, -0.1) is 0 Å².